The Labute approximate surface area is 122 Å². The second-order valence-corrected chi connectivity index (χ2v) is 5.36. The molecule has 0 heterocycles. The minimum atomic E-state index is -0.979. The first kappa shape index (κ1) is 16.9. The van der Waals surface area contributed by atoms with E-state index in [4.69, 9.17) is 0 Å². The van der Waals surface area contributed by atoms with E-state index in [0.29, 0.717) is 0 Å². The average molecular weight is 298 g/mol. The lowest BCUT2D eigenvalue weighted by molar-refractivity contribution is -0.384. The summed E-state index contributed by atoms with van der Waals surface area (Å²) in [7, 11) is 1.12. The number of anilines is 1. The highest BCUT2D eigenvalue weighted by atomic mass is 19.1. The van der Waals surface area contributed by atoms with E-state index >= 15 is 0 Å². The number of nitro benzene ring substituents is 1. The third-order valence-electron chi connectivity index (χ3n) is 3.04. The van der Waals surface area contributed by atoms with Crippen LogP contribution >= 0.6 is 0 Å². The number of methoxy groups -OCH3 is 1. The summed E-state index contributed by atoms with van der Waals surface area (Å²) in [5.41, 5.74) is -1.08. The van der Waals surface area contributed by atoms with Crippen molar-refractivity contribution in [1.82, 2.24) is 0 Å². The molecule has 0 spiro atoms. The first-order valence-corrected chi connectivity index (χ1v) is 6.56. The van der Waals surface area contributed by atoms with Crippen LogP contribution in [0.5, 0.6) is 0 Å². The average Bonchev–Trinajstić information content (AvgIpc) is 2.38. The van der Waals surface area contributed by atoms with E-state index in [2.05, 4.69) is 10.1 Å². The van der Waals surface area contributed by atoms with Crippen LogP contribution in [0.4, 0.5) is 15.8 Å². The Morgan fingerprint density at radius 2 is 2.10 bits per heavy atom. The Bertz CT molecular complexity index is 558. The van der Waals surface area contributed by atoms with E-state index < -0.39 is 27.9 Å². The summed E-state index contributed by atoms with van der Waals surface area (Å²) in [5, 5.41) is 14.1. The summed E-state index contributed by atoms with van der Waals surface area (Å²) in [5.74, 6) is -1.86. The zero-order valence-corrected chi connectivity index (χ0v) is 12.5. The lowest BCUT2D eigenvalue weighted by Crippen LogP contribution is -2.31. The van der Waals surface area contributed by atoms with Crippen LogP contribution in [0, 0.1) is 15.9 Å². The molecule has 0 saturated heterocycles. The van der Waals surface area contributed by atoms with Crippen molar-refractivity contribution < 1.29 is 18.8 Å². The number of carbonyl (C=O) groups excluding carboxylic acids is 1. The minimum Gasteiger partial charge on any atom is -0.465 e. The fourth-order valence-electron chi connectivity index (χ4n) is 2.13. The van der Waals surface area contributed by atoms with Crippen molar-refractivity contribution in [3.05, 3.63) is 33.6 Å². The lowest BCUT2D eigenvalue weighted by atomic mass is 9.98. The van der Waals surface area contributed by atoms with Gasteiger partial charge in [0.1, 0.15) is 11.5 Å². The van der Waals surface area contributed by atoms with E-state index in [9.17, 15) is 19.3 Å². The molecule has 0 bridgehead atoms. The number of hydrogen-bond acceptors (Lipinski definition) is 5. The number of carbonyl (C=O) groups is 1. The molecule has 0 atom stereocenters. The molecular weight excluding hydrogens is 279 g/mol. The quantitative estimate of drug-likeness (QED) is 0.493. The summed E-state index contributed by atoms with van der Waals surface area (Å²) < 4.78 is 18.2. The van der Waals surface area contributed by atoms with Gasteiger partial charge in [-0.2, -0.15) is 0 Å². The molecule has 0 unspecified atom stereocenters. The van der Waals surface area contributed by atoms with Crippen molar-refractivity contribution in [2.75, 3.05) is 12.4 Å². The van der Waals surface area contributed by atoms with Crippen LogP contribution in [0.25, 0.3) is 0 Å². The van der Waals surface area contributed by atoms with Gasteiger partial charge in [0.25, 0.3) is 5.69 Å². The fraction of sp³-hybridized carbons (Fsp3) is 0.500. The van der Waals surface area contributed by atoms with Gasteiger partial charge in [0.15, 0.2) is 0 Å². The van der Waals surface area contributed by atoms with E-state index in [-0.39, 0.29) is 11.3 Å². The van der Waals surface area contributed by atoms with Gasteiger partial charge in [-0.1, -0.05) is 13.3 Å². The van der Waals surface area contributed by atoms with Gasteiger partial charge in [0, 0.05) is 5.54 Å². The molecule has 0 radical (unpaired) electrons. The standard InChI is InChI=1S/C14H19FN2O4/c1-5-6-14(2,3)16-11-7-9(13(18)21-4)10(15)8-12(11)17(19)20/h7-8,16H,5-6H2,1-4H3. The van der Waals surface area contributed by atoms with Gasteiger partial charge in [-0.25, -0.2) is 9.18 Å². The minimum absolute atomic E-state index is 0.0975. The predicted octanol–water partition coefficient (Wildman–Crippen LogP) is 3.51. The van der Waals surface area contributed by atoms with Crippen LogP contribution in [0.3, 0.4) is 0 Å². The largest absolute Gasteiger partial charge is 0.465 e. The van der Waals surface area contributed by atoms with Gasteiger partial charge < -0.3 is 10.1 Å². The molecule has 1 N–H and O–H groups in total. The van der Waals surface area contributed by atoms with Gasteiger partial charge in [0.05, 0.1) is 23.7 Å². The van der Waals surface area contributed by atoms with E-state index in [1.807, 2.05) is 20.8 Å². The highest BCUT2D eigenvalue weighted by molar-refractivity contribution is 5.92. The Balaban J connectivity index is 3.33. The maximum atomic E-state index is 13.8. The summed E-state index contributed by atoms with van der Waals surface area (Å²) in [6.07, 6.45) is 1.63. The summed E-state index contributed by atoms with van der Waals surface area (Å²) in [6.45, 7) is 5.74. The number of rotatable bonds is 6. The van der Waals surface area contributed by atoms with E-state index in [1.54, 1.807) is 0 Å². The number of nitro groups is 1. The number of benzene rings is 1. The Hall–Kier alpha value is -2.18. The monoisotopic (exact) mass is 298 g/mol. The predicted molar refractivity (Wildman–Crippen MR) is 77.0 cm³/mol. The topological polar surface area (TPSA) is 81.5 Å². The van der Waals surface area contributed by atoms with E-state index in [0.717, 1.165) is 32.1 Å². The lowest BCUT2D eigenvalue weighted by Gasteiger charge is -2.27. The van der Waals surface area contributed by atoms with Gasteiger partial charge in [0.2, 0.25) is 0 Å². The van der Waals surface area contributed by atoms with Crippen LogP contribution in [0.2, 0.25) is 0 Å². The van der Waals surface area contributed by atoms with Crippen LogP contribution in [0.15, 0.2) is 12.1 Å². The molecule has 1 aromatic carbocycles. The first-order valence-electron chi connectivity index (χ1n) is 6.56. The molecule has 6 nitrogen and oxygen atoms in total. The molecule has 21 heavy (non-hydrogen) atoms. The third-order valence-corrected chi connectivity index (χ3v) is 3.04. The SMILES string of the molecule is CCCC(C)(C)Nc1cc(C(=O)OC)c(F)cc1[N+](=O)[O-]. The molecule has 0 amide bonds. The highest BCUT2D eigenvalue weighted by Gasteiger charge is 2.26. The zero-order chi connectivity index (χ0) is 16.2. The Morgan fingerprint density at radius 3 is 2.57 bits per heavy atom. The second kappa shape index (κ2) is 6.51. The number of halogens is 1. The van der Waals surface area contributed by atoms with E-state index in [1.165, 1.54) is 0 Å². The smallest absolute Gasteiger partial charge is 0.340 e. The molecule has 0 aliphatic heterocycles. The normalized spacial score (nSPS) is 11.1. The molecule has 0 aliphatic rings. The third kappa shape index (κ3) is 4.14. The summed E-state index contributed by atoms with van der Waals surface area (Å²) >= 11 is 0. The van der Waals surface area contributed by atoms with Crippen molar-refractivity contribution in [1.29, 1.82) is 0 Å². The number of ether oxygens (including phenoxy) is 1. The molecule has 7 heteroatoms. The fourth-order valence-corrected chi connectivity index (χ4v) is 2.13. The number of esters is 1. The molecule has 116 valence electrons. The van der Waals surface area contributed by atoms with Crippen LogP contribution in [0.1, 0.15) is 44.0 Å². The van der Waals surface area contributed by atoms with Crippen LogP contribution in [-0.4, -0.2) is 23.5 Å². The van der Waals surface area contributed by atoms with Gasteiger partial charge in [-0.3, -0.25) is 10.1 Å². The van der Waals surface area contributed by atoms with Gasteiger partial charge in [-0.15, -0.1) is 0 Å². The van der Waals surface area contributed by atoms with Crippen molar-refractivity contribution in [2.24, 2.45) is 0 Å². The second-order valence-electron chi connectivity index (χ2n) is 5.36. The van der Waals surface area contributed by atoms with Crippen molar-refractivity contribution in [3.8, 4) is 0 Å². The molecule has 1 rings (SSSR count). The maximum Gasteiger partial charge on any atom is 0.340 e. The maximum absolute atomic E-state index is 13.8. The van der Waals surface area contributed by atoms with Gasteiger partial charge in [-0.05, 0) is 26.3 Å². The summed E-state index contributed by atoms with van der Waals surface area (Å²) in [6, 6.07) is 1.85. The first-order chi connectivity index (χ1) is 9.71. The molecule has 1 aromatic rings. The number of nitrogens with zero attached hydrogens (tertiary/aromatic N) is 1. The van der Waals surface area contributed by atoms with Crippen molar-refractivity contribution >= 4 is 17.3 Å². The molecule has 0 saturated carbocycles. The van der Waals surface area contributed by atoms with Crippen molar-refractivity contribution in [2.45, 2.75) is 39.2 Å². The summed E-state index contributed by atoms with van der Waals surface area (Å²) in [4.78, 5) is 21.9. The number of hydrogen-bond donors (Lipinski definition) is 1. The molecular formula is C14H19FN2O4. The number of nitrogens with one attached hydrogen (secondary N) is 1. The molecule has 0 fully saturated rings. The highest BCUT2D eigenvalue weighted by Crippen LogP contribution is 2.31. The molecule has 0 aliphatic carbocycles. The van der Waals surface area contributed by atoms with Gasteiger partial charge >= 0.3 is 5.97 Å². The van der Waals surface area contributed by atoms with Crippen LogP contribution < -0.4 is 5.32 Å². The zero-order valence-electron chi connectivity index (χ0n) is 12.5. The Morgan fingerprint density at radius 1 is 1.48 bits per heavy atom. The van der Waals surface area contributed by atoms with Crippen molar-refractivity contribution in [3.63, 3.8) is 0 Å². The molecule has 0 aromatic heterocycles. The van der Waals surface area contributed by atoms with Crippen LogP contribution in [-0.2, 0) is 4.74 Å². The Kier molecular flexibility index (Phi) is 5.23.